The molecule has 33 heavy (non-hydrogen) atoms. The minimum absolute atomic E-state index is 0.00765. The van der Waals surface area contributed by atoms with Crippen molar-refractivity contribution in [3.63, 3.8) is 0 Å². The van der Waals surface area contributed by atoms with Gasteiger partial charge >= 0.3 is 0 Å². The van der Waals surface area contributed by atoms with Gasteiger partial charge in [0.2, 0.25) is 15.0 Å². The number of sulfone groups is 1. The molecular formula is C22H16ClN5O3S2. The third-order valence-corrected chi connectivity index (χ3v) is 6.55. The van der Waals surface area contributed by atoms with Crippen molar-refractivity contribution in [2.75, 3.05) is 11.6 Å². The van der Waals surface area contributed by atoms with Gasteiger partial charge in [0.05, 0.1) is 0 Å². The normalized spacial score (nSPS) is 12.0. The highest BCUT2D eigenvalue weighted by molar-refractivity contribution is 7.90. The second-order valence-electron chi connectivity index (χ2n) is 7.13. The Balaban J connectivity index is 1.65. The Morgan fingerprint density at radius 2 is 1.97 bits per heavy atom. The molecule has 0 radical (unpaired) electrons. The van der Waals surface area contributed by atoms with Gasteiger partial charge in [0.25, 0.3) is 11.1 Å². The lowest BCUT2D eigenvalue weighted by molar-refractivity contribution is -0.112. The second kappa shape index (κ2) is 9.15. The van der Waals surface area contributed by atoms with Crippen molar-refractivity contribution in [1.29, 1.82) is 5.26 Å². The van der Waals surface area contributed by atoms with E-state index in [0.29, 0.717) is 17.1 Å². The maximum atomic E-state index is 12.6. The van der Waals surface area contributed by atoms with Crippen molar-refractivity contribution in [1.82, 2.24) is 13.9 Å². The minimum atomic E-state index is -3.59. The highest BCUT2D eigenvalue weighted by Gasteiger charge is 2.18. The van der Waals surface area contributed by atoms with Gasteiger partial charge in [-0.3, -0.25) is 10.1 Å². The predicted octanol–water partition coefficient (Wildman–Crippen LogP) is 4.14. The summed E-state index contributed by atoms with van der Waals surface area (Å²) in [6.07, 6.45) is 4.34. The molecule has 0 aliphatic rings. The van der Waals surface area contributed by atoms with Gasteiger partial charge in [0.15, 0.2) is 0 Å². The molecule has 0 unspecified atom stereocenters. The lowest BCUT2D eigenvalue weighted by Crippen LogP contribution is -2.13. The van der Waals surface area contributed by atoms with Crippen LogP contribution in [0.3, 0.4) is 0 Å². The molecule has 8 nitrogen and oxygen atoms in total. The number of carbonyl (C=O) groups is 1. The number of anilines is 1. The van der Waals surface area contributed by atoms with E-state index in [1.54, 1.807) is 0 Å². The second-order valence-corrected chi connectivity index (χ2v) is 10.2. The molecule has 0 atom stereocenters. The van der Waals surface area contributed by atoms with Crippen LogP contribution >= 0.6 is 23.1 Å². The first-order chi connectivity index (χ1) is 15.7. The monoisotopic (exact) mass is 497 g/mol. The molecule has 166 valence electrons. The molecule has 2 aromatic heterocycles. The van der Waals surface area contributed by atoms with Crippen molar-refractivity contribution in [2.24, 2.45) is 0 Å². The van der Waals surface area contributed by atoms with Crippen LogP contribution < -0.4 is 5.32 Å². The standard InChI is InChI=1S/C22H16ClN5O3S2/c1-33(30,31)22-26-21(32-27-22)25-20(29)15(11-24)10-16-13-28(19-5-3-2-4-18(16)19)12-14-6-8-17(23)9-7-14/h2-10,13H,12H2,1H3,(H,25,26,27,29)/b15-10-. The SMILES string of the molecule is CS(=O)(=O)c1nsc(NC(=O)/C(C#N)=C\c2cn(Cc3ccc(Cl)cc3)c3ccccc23)n1. The molecule has 0 spiro atoms. The van der Waals surface area contributed by atoms with Gasteiger partial charge in [-0.25, -0.2) is 8.42 Å². The van der Waals surface area contributed by atoms with Gasteiger partial charge in [0.1, 0.15) is 11.6 Å². The Hall–Kier alpha value is -3.52. The first kappa shape index (κ1) is 22.7. The molecule has 2 heterocycles. The number of benzene rings is 2. The van der Waals surface area contributed by atoms with Crippen LogP contribution in [0.2, 0.25) is 5.02 Å². The number of amides is 1. The van der Waals surface area contributed by atoms with Gasteiger partial charge in [-0.2, -0.15) is 14.6 Å². The molecule has 1 amide bonds. The molecular weight excluding hydrogens is 482 g/mol. The lowest BCUT2D eigenvalue weighted by atomic mass is 10.1. The van der Waals surface area contributed by atoms with Gasteiger partial charge in [-0.1, -0.05) is 41.9 Å². The van der Waals surface area contributed by atoms with E-state index in [4.69, 9.17) is 11.6 Å². The van der Waals surface area contributed by atoms with Crippen molar-refractivity contribution in [3.05, 3.63) is 76.5 Å². The molecule has 0 saturated heterocycles. The third kappa shape index (κ3) is 5.12. The average Bonchev–Trinajstić information content (AvgIpc) is 3.39. The first-order valence-corrected chi connectivity index (χ1v) is 12.6. The average molecular weight is 498 g/mol. The fourth-order valence-corrected chi connectivity index (χ4v) is 4.75. The molecule has 11 heteroatoms. The van der Waals surface area contributed by atoms with Crippen molar-refractivity contribution in [3.8, 4) is 6.07 Å². The zero-order valence-corrected chi connectivity index (χ0v) is 19.6. The van der Waals surface area contributed by atoms with Crippen LogP contribution in [0.25, 0.3) is 17.0 Å². The van der Waals surface area contributed by atoms with E-state index >= 15 is 0 Å². The fourth-order valence-electron chi connectivity index (χ4n) is 3.19. The molecule has 0 aliphatic heterocycles. The van der Waals surface area contributed by atoms with Crippen LogP contribution in [0, 0.1) is 11.3 Å². The lowest BCUT2D eigenvalue weighted by Gasteiger charge is -2.05. The third-order valence-electron chi connectivity index (χ3n) is 4.71. The smallest absolute Gasteiger partial charge is 0.268 e. The zero-order valence-electron chi connectivity index (χ0n) is 17.2. The molecule has 1 N–H and O–H groups in total. The number of nitrogens with zero attached hydrogens (tertiary/aromatic N) is 4. The minimum Gasteiger partial charge on any atom is -0.342 e. The van der Waals surface area contributed by atoms with Crippen LogP contribution in [0.5, 0.6) is 0 Å². The van der Waals surface area contributed by atoms with E-state index in [9.17, 15) is 18.5 Å². The van der Waals surface area contributed by atoms with E-state index < -0.39 is 15.7 Å². The van der Waals surface area contributed by atoms with Crippen LogP contribution in [-0.2, 0) is 21.2 Å². The maximum absolute atomic E-state index is 12.6. The molecule has 0 fully saturated rings. The van der Waals surface area contributed by atoms with Crippen LogP contribution in [0.15, 0.2) is 65.5 Å². The number of aromatic nitrogens is 3. The van der Waals surface area contributed by atoms with E-state index in [0.717, 1.165) is 34.3 Å². The Morgan fingerprint density at radius 1 is 1.24 bits per heavy atom. The maximum Gasteiger partial charge on any atom is 0.268 e. The molecule has 2 aromatic carbocycles. The van der Waals surface area contributed by atoms with Crippen molar-refractivity contribution in [2.45, 2.75) is 11.7 Å². The van der Waals surface area contributed by atoms with E-state index in [-0.39, 0.29) is 15.9 Å². The van der Waals surface area contributed by atoms with Gasteiger partial charge in [0, 0.05) is 52.0 Å². The van der Waals surface area contributed by atoms with Gasteiger partial charge in [-0.15, -0.1) is 0 Å². The van der Waals surface area contributed by atoms with E-state index in [1.807, 2.05) is 65.4 Å². The van der Waals surface area contributed by atoms with Crippen molar-refractivity contribution >= 4 is 61.0 Å². The quantitative estimate of drug-likeness (QED) is 0.316. The summed E-state index contributed by atoms with van der Waals surface area (Å²) in [5.41, 5.74) is 2.53. The van der Waals surface area contributed by atoms with Gasteiger partial charge < -0.3 is 4.57 Å². The Kier molecular flexibility index (Phi) is 6.29. The number of hydrogen-bond acceptors (Lipinski definition) is 7. The number of halogens is 1. The molecule has 0 saturated carbocycles. The summed E-state index contributed by atoms with van der Waals surface area (Å²) in [7, 11) is -3.59. The fraction of sp³-hybridized carbons (Fsp3) is 0.0909. The predicted molar refractivity (Wildman–Crippen MR) is 128 cm³/mol. The van der Waals surface area contributed by atoms with Crippen LogP contribution in [0.4, 0.5) is 5.13 Å². The number of nitriles is 1. The molecule has 0 aliphatic carbocycles. The van der Waals surface area contributed by atoms with Crippen molar-refractivity contribution < 1.29 is 13.2 Å². The summed E-state index contributed by atoms with van der Waals surface area (Å²) in [6.45, 7) is 0.582. The van der Waals surface area contributed by atoms with E-state index in [1.165, 1.54) is 6.08 Å². The van der Waals surface area contributed by atoms with Crippen LogP contribution in [0.1, 0.15) is 11.1 Å². The number of fused-ring (bicyclic) bond motifs is 1. The number of nitrogens with one attached hydrogen (secondary N) is 1. The van der Waals surface area contributed by atoms with Gasteiger partial charge in [-0.05, 0) is 29.8 Å². The summed E-state index contributed by atoms with van der Waals surface area (Å²) in [5.74, 6) is -0.705. The highest BCUT2D eigenvalue weighted by atomic mass is 35.5. The molecule has 4 rings (SSSR count). The summed E-state index contributed by atoms with van der Waals surface area (Å²) in [4.78, 5) is 16.4. The molecule has 0 bridgehead atoms. The number of hydrogen-bond donors (Lipinski definition) is 1. The Labute approximate surface area is 198 Å². The Bertz CT molecular complexity index is 1530. The summed E-state index contributed by atoms with van der Waals surface area (Å²) in [5, 5.41) is 13.2. The number of para-hydroxylation sites is 1. The summed E-state index contributed by atoms with van der Waals surface area (Å²) < 4.78 is 28.8. The summed E-state index contributed by atoms with van der Waals surface area (Å²) in [6, 6.07) is 17.1. The largest absolute Gasteiger partial charge is 0.342 e. The van der Waals surface area contributed by atoms with Crippen LogP contribution in [-0.4, -0.2) is 34.5 Å². The number of carbonyl (C=O) groups excluding carboxylic acids is 1. The highest BCUT2D eigenvalue weighted by Crippen LogP contribution is 2.25. The Morgan fingerprint density at radius 3 is 2.64 bits per heavy atom. The molecule has 4 aromatic rings. The number of rotatable bonds is 6. The first-order valence-electron chi connectivity index (χ1n) is 9.54. The topological polar surface area (TPSA) is 118 Å². The zero-order chi connectivity index (χ0) is 23.6. The summed E-state index contributed by atoms with van der Waals surface area (Å²) >= 11 is 6.70. The van der Waals surface area contributed by atoms with E-state index in [2.05, 4.69) is 14.7 Å².